The van der Waals surface area contributed by atoms with Crippen molar-refractivity contribution in [3.05, 3.63) is 117 Å². The maximum absolute atomic E-state index is 13.5. The molecule has 0 fully saturated rings. The van der Waals surface area contributed by atoms with Gasteiger partial charge in [-0.3, -0.25) is 14.5 Å². The third-order valence-electron chi connectivity index (χ3n) is 6.09. The van der Waals surface area contributed by atoms with Crippen LogP contribution in [0, 0.1) is 0 Å². The largest absolute Gasteiger partial charge is 0.495 e. The molecule has 202 valence electrons. The van der Waals surface area contributed by atoms with Crippen molar-refractivity contribution in [3.63, 3.8) is 0 Å². The molecule has 0 aliphatic heterocycles. The second kappa shape index (κ2) is 11.1. The van der Waals surface area contributed by atoms with E-state index >= 15 is 0 Å². The summed E-state index contributed by atoms with van der Waals surface area (Å²) in [6, 6.07) is 23.8. The van der Waals surface area contributed by atoms with Crippen LogP contribution in [-0.4, -0.2) is 31.4 Å². The number of ether oxygens (including phenoxy) is 1. The number of hydrogen-bond donors (Lipinski definition) is 2. The van der Waals surface area contributed by atoms with Crippen LogP contribution in [0.3, 0.4) is 0 Å². The number of hydrogen-bond acceptors (Lipinski definition) is 6. The lowest BCUT2D eigenvalue weighted by Gasteiger charge is -2.15. The van der Waals surface area contributed by atoms with E-state index in [0.717, 1.165) is 4.57 Å². The Hall–Kier alpha value is -4.31. The minimum atomic E-state index is -4.09. The molecule has 1 heterocycles. The highest BCUT2D eigenvalue weighted by Gasteiger charge is 2.20. The number of halogens is 2. The zero-order valence-corrected chi connectivity index (χ0v) is 23.2. The van der Waals surface area contributed by atoms with Crippen LogP contribution in [-0.2, 0) is 10.0 Å². The molecule has 0 atom stereocenters. The molecule has 0 aliphatic carbocycles. The van der Waals surface area contributed by atoms with Crippen LogP contribution in [0.15, 0.2) is 106 Å². The van der Waals surface area contributed by atoms with Crippen molar-refractivity contribution in [1.29, 1.82) is 0 Å². The van der Waals surface area contributed by atoms with Crippen LogP contribution in [0.2, 0.25) is 10.0 Å². The number of anilines is 1. The van der Waals surface area contributed by atoms with Gasteiger partial charge in [0.1, 0.15) is 5.75 Å². The van der Waals surface area contributed by atoms with E-state index in [-0.39, 0.29) is 21.8 Å². The molecule has 5 aromatic rings. The maximum atomic E-state index is 13.5. The summed E-state index contributed by atoms with van der Waals surface area (Å²) in [7, 11) is -2.65. The number of sulfonamides is 1. The van der Waals surface area contributed by atoms with Crippen LogP contribution < -0.4 is 15.0 Å². The highest BCUT2D eigenvalue weighted by Crippen LogP contribution is 2.31. The molecule has 0 unspecified atom stereocenters. The zero-order valence-electron chi connectivity index (χ0n) is 20.9. The molecular formula is C29H21Cl2N3O5S. The van der Waals surface area contributed by atoms with Gasteiger partial charge in [-0.05, 0) is 54.6 Å². The van der Waals surface area contributed by atoms with Crippen LogP contribution in [0.5, 0.6) is 11.6 Å². The summed E-state index contributed by atoms with van der Waals surface area (Å²) >= 11 is 12.1. The molecule has 2 N–H and O–H groups in total. The first-order chi connectivity index (χ1) is 19.2. The summed E-state index contributed by atoms with van der Waals surface area (Å²) in [6.07, 6.45) is 1.41. The van der Waals surface area contributed by atoms with Gasteiger partial charge in [0.05, 0.1) is 44.7 Å². The lowest BCUT2D eigenvalue weighted by Crippen LogP contribution is -2.21. The number of pyridine rings is 1. The number of nitrogens with one attached hydrogen (secondary N) is 1. The molecule has 1 aromatic heterocycles. The smallest absolute Gasteiger partial charge is 0.265 e. The van der Waals surface area contributed by atoms with Crippen LogP contribution in [0.25, 0.3) is 16.5 Å². The van der Waals surface area contributed by atoms with Crippen LogP contribution in [0.1, 0.15) is 5.56 Å². The summed E-state index contributed by atoms with van der Waals surface area (Å²) < 4.78 is 35.3. The quantitative estimate of drug-likeness (QED) is 0.207. The van der Waals surface area contributed by atoms with Crippen LogP contribution >= 0.6 is 23.2 Å². The molecule has 40 heavy (non-hydrogen) atoms. The Kier molecular flexibility index (Phi) is 7.53. The van der Waals surface area contributed by atoms with E-state index in [2.05, 4.69) is 9.71 Å². The minimum Gasteiger partial charge on any atom is -0.495 e. The fourth-order valence-corrected chi connectivity index (χ4v) is 5.56. The van der Waals surface area contributed by atoms with E-state index in [1.165, 1.54) is 37.6 Å². The van der Waals surface area contributed by atoms with E-state index in [9.17, 15) is 18.3 Å². The van der Waals surface area contributed by atoms with Crippen molar-refractivity contribution in [1.82, 2.24) is 4.57 Å². The van der Waals surface area contributed by atoms with Gasteiger partial charge in [0.2, 0.25) is 5.88 Å². The molecule has 0 bridgehead atoms. The predicted molar refractivity (Wildman–Crippen MR) is 159 cm³/mol. The summed E-state index contributed by atoms with van der Waals surface area (Å²) in [5.41, 5.74) is 0.585. The third-order valence-corrected chi connectivity index (χ3v) is 8.19. The van der Waals surface area contributed by atoms with E-state index in [0.29, 0.717) is 32.3 Å². The first-order valence-electron chi connectivity index (χ1n) is 11.8. The molecule has 0 aliphatic rings. The fraction of sp³-hybridized carbons (Fsp3) is 0.0345. The van der Waals surface area contributed by atoms with Gasteiger partial charge >= 0.3 is 0 Å². The predicted octanol–water partition coefficient (Wildman–Crippen LogP) is 6.56. The maximum Gasteiger partial charge on any atom is 0.265 e. The minimum absolute atomic E-state index is 0.124. The van der Waals surface area contributed by atoms with Crippen molar-refractivity contribution in [2.75, 3.05) is 11.8 Å². The number of nitrogens with zero attached hydrogens (tertiary/aromatic N) is 2. The molecule has 8 nitrogen and oxygen atoms in total. The van der Waals surface area contributed by atoms with Crippen LogP contribution in [0.4, 0.5) is 11.4 Å². The Morgan fingerprint density at radius 3 is 2.38 bits per heavy atom. The molecule has 11 heteroatoms. The number of rotatable bonds is 7. The zero-order chi connectivity index (χ0) is 28.4. The second-order valence-electron chi connectivity index (χ2n) is 8.58. The van der Waals surface area contributed by atoms with Gasteiger partial charge < -0.3 is 9.84 Å². The number of aliphatic imine (C=N–C) groups is 1. The van der Waals surface area contributed by atoms with E-state index < -0.39 is 21.5 Å². The first-order valence-corrected chi connectivity index (χ1v) is 14.1. The highest BCUT2D eigenvalue weighted by atomic mass is 35.5. The van der Waals surface area contributed by atoms with Crippen molar-refractivity contribution in [2.24, 2.45) is 4.99 Å². The van der Waals surface area contributed by atoms with Gasteiger partial charge in [0.25, 0.3) is 15.6 Å². The monoisotopic (exact) mass is 593 g/mol. The van der Waals surface area contributed by atoms with E-state index in [1.807, 2.05) is 0 Å². The van der Waals surface area contributed by atoms with Gasteiger partial charge in [-0.2, -0.15) is 0 Å². The van der Waals surface area contributed by atoms with E-state index in [4.69, 9.17) is 27.9 Å². The fourth-order valence-electron chi connectivity index (χ4n) is 4.16. The van der Waals surface area contributed by atoms with Gasteiger partial charge in [-0.25, -0.2) is 13.0 Å². The Labute approximate surface area is 239 Å². The number of methoxy groups -OCH3 is 1. The molecule has 0 saturated carbocycles. The summed E-state index contributed by atoms with van der Waals surface area (Å²) in [4.78, 5) is 17.8. The standard InChI is InChI=1S/C29H21Cl2N3O5S/c1-39-27-12-5-4-11-26(27)33-40(37,38)20-8-6-7-19(16-20)34-28(35)22-10-3-2-9-21(22)23(29(34)36)17-32-18-13-14-24(30)25(31)15-18/h2-17,33,36H,1H3. The highest BCUT2D eigenvalue weighted by molar-refractivity contribution is 7.92. The van der Waals surface area contributed by atoms with Gasteiger partial charge in [0, 0.05) is 17.0 Å². The van der Waals surface area contributed by atoms with Crippen molar-refractivity contribution in [2.45, 2.75) is 4.90 Å². The summed E-state index contributed by atoms with van der Waals surface area (Å²) in [5.74, 6) is -0.0729. The topological polar surface area (TPSA) is 110 Å². The second-order valence-corrected chi connectivity index (χ2v) is 11.1. The number of aromatic hydroxyl groups is 1. The van der Waals surface area contributed by atoms with Crippen molar-refractivity contribution < 1.29 is 18.3 Å². The summed E-state index contributed by atoms with van der Waals surface area (Å²) in [5, 5.41) is 12.8. The Bertz CT molecular complexity index is 1960. The van der Waals surface area contributed by atoms with Crippen molar-refractivity contribution in [3.8, 4) is 17.3 Å². The lowest BCUT2D eigenvalue weighted by atomic mass is 10.1. The molecule has 0 spiro atoms. The third kappa shape index (κ3) is 5.27. The van der Waals surface area contributed by atoms with Crippen molar-refractivity contribution >= 4 is 61.6 Å². The summed E-state index contributed by atoms with van der Waals surface area (Å²) in [6.45, 7) is 0. The number of para-hydroxylation sites is 2. The number of aromatic nitrogens is 1. The van der Waals surface area contributed by atoms with Gasteiger partial charge in [-0.1, -0.05) is 59.6 Å². The molecule has 0 radical (unpaired) electrons. The van der Waals surface area contributed by atoms with E-state index in [1.54, 1.807) is 66.7 Å². The number of fused-ring (bicyclic) bond motifs is 1. The van der Waals surface area contributed by atoms with Gasteiger partial charge in [0.15, 0.2) is 0 Å². The molecule has 0 amide bonds. The lowest BCUT2D eigenvalue weighted by molar-refractivity contribution is 0.417. The molecular weight excluding hydrogens is 573 g/mol. The first kappa shape index (κ1) is 27.3. The van der Waals surface area contributed by atoms with Gasteiger partial charge in [-0.15, -0.1) is 0 Å². The average molecular weight is 594 g/mol. The molecule has 5 rings (SSSR count). The number of benzene rings is 4. The SMILES string of the molecule is COc1ccccc1NS(=O)(=O)c1cccc(-n2c(O)c(C=Nc3ccc(Cl)c(Cl)c3)c3ccccc3c2=O)c1. The Morgan fingerprint density at radius 1 is 0.900 bits per heavy atom. The average Bonchev–Trinajstić information content (AvgIpc) is 2.95. The Balaban J connectivity index is 1.63. The Morgan fingerprint density at radius 2 is 1.62 bits per heavy atom. The molecule has 0 saturated heterocycles. The molecule has 4 aromatic carbocycles. The normalized spacial score (nSPS) is 11.7.